The number of hydrogen-bond donors (Lipinski definition) is 0. The van der Waals surface area contributed by atoms with Gasteiger partial charge in [-0.3, -0.25) is 4.79 Å². The van der Waals surface area contributed by atoms with Crippen LogP contribution in [0.25, 0.3) is 0 Å². The van der Waals surface area contributed by atoms with Crippen LogP contribution in [0.4, 0.5) is 0 Å². The minimum atomic E-state index is -0.535. The third kappa shape index (κ3) is 3.38. The Morgan fingerprint density at radius 1 is 1.56 bits per heavy atom. The molecule has 0 aliphatic rings. The molecule has 1 rings (SSSR count). The summed E-state index contributed by atoms with van der Waals surface area (Å²) in [5.74, 6) is 0.103. The zero-order valence-corrected chi connectivity index (χ0v) is 11.4. The Labute approximate surface area is 112 Å². The van der Waals surface area contributed by atoms with Gasteiger partial charge in [-0.05, 0) is 36.6 Å². The Balaban J connectivity index is 2.78. The molecule has 0 heterocycles. The highest BCUT2D eigenvalue weighted by Gasteiger charge is 2.10. The summed E-state index contributed by atoms with van der Waals surface area (Å²) in [5.41, 5.74) is 2.09. The minimum absolute atomic E-state index is 0.482. The maximum absolute atomic E-state index is 11.1. The summed E-state index contributed by atoms with van der Waals surface area (Å²) in [5, 5.41) is 9.04. The number of nitrogens with zero attached hydrogens (tertiary/aromatic N) is 2. The van der Waals surface area contributed by atoms with Gasteiger partial charge in [0.25, 0.3) is 0 Å². The molecule has 0 bridgehead atoms. The van der Waals surface area contributed by atoms with Crippen molar-refractivity contribution in [3.05, 3.63) is 28.3 Å². The number of carbonyl (C=O) groups excluding carboxylic acids is 1. The molecule has 4 nitrogen and oxygen atoms in total. The molecule has 0 fully saturated rings. The number of likely N-dealkylation sites (N-methyl/N-ethyl adjacent to an activating group) is 1. The molecule has 18 heavy (non-hydrogen) atoms. The van der Waals surface area contributed by atoms with Gasteiger partial charge in [-0.15, -0.1) is 0 Å². The molecule has 0 spiro atoms. The van der Waals surface area contributed by atoms with Crippen molar-refractivity contribution in [1.29, 1.82) is 5.26 Å². The third-order valence-electron chi connectivity index (χ3n) is 2.77. The number of benzene rings is 1. The Hall–Kier alpha value is -1.73. The van der Waals surface area contributed by atoms with E-state index in [9.17, 15) is 4.79 Å². The maximum atomic E-state index is 11.1. The largest absolute Gasteiger partial charge is 0.495 e. The van der Waals surface area contributed by atoms with Crippen molar-refractivity contribution in [3.63, 3.8) is 0 Å². The summed E-state index contributed by atoms with van der Waals surface area (Å²) in [4.78, 5) is 12.5. The fourth-order valence-corrected chi connectivity index (χ4v) is 1.86. The number of rotatable bonds is 4. The van der Waals surface area contributed by atoms with Crippen molar-refractivity contribution >= 4 is 17.5 Å². The van der Waals surface area contributed by atoms with Crippen molar-refractivity contribution in [2.45, 2.75) is 13.3 Å². The second kappa shape index (κ2) is 6.27. The first-order chi connectivity index (χ1) is 8.49. The van der Waals surface area contributed by atoms with E-state index in [1.165, 1.54) is 4.90 Å². The average molecular weight is 267 g/mol. The van der Waals surface area contributed by atoms with Crippen molar-refractivity contribution < 1.29 is 9.53 Å². The van der Waals surface area contributed by atoms with E-state index in [2.05, 4.69) is 0 Å². The Morgan fingerprint density at radius 3 is 2.78 bits per heavy atom. The molecule has 0 atom stereocenters. The number of aryl methyl sites for hydroxylation is 1. The van der Waals surface area contributed by atoms with Crippen LogP contribution < -0.4 is 4.74 Å². The molecule has 1 amide bonds. The summed E-state index contributed by atoms with van der Waals surface area (Å²) in [6.07, 6.45) is 0.652. The summed E-state index contributed by atoms with van der Waals surface area (Å²) in [6.45, 7) is 2.44. The number of ether oxygens (including phenoxy) is 1. The summed E-state index contributed by atoms with van der Waals surface area (Å²) in [7, 11) is 3.17. The lowest BCUT2D eigenvalue weighted by Gasteiger charge is -2.15. The molecule has 0 saturated carbocycles. The highest BCUT2D eigenvalue weighted by molar-refractivity contribution is 6.32. The molecule has 0 saturated heterocycles. The van der Waals surface area contributed by atoms with Gasteiger partial charge in [-0.25, -0.2) is 0 Å². The Morgan fingerprint density at radius 2 is 2.22 bits per heavy atom. The maximum Gasteiger partial charge on any atom is 0.324 e. The number of carbonyl (C=O) groups is 1. The van der Waals surface area contributed by atoms with Gasteiger partial charge in [-0.1, -0.05) is 11.6 Å². The number of amides is 1. The summed E-state index contributed by atoms with van der Waals surface area (Å²) in [6, 6.07) is 5.28. The predicted octanol–water partition coefficient (Wildman–Crippen LogP) is 2.18. The third-order valence-corrected chi connectivity index (χ3v) is 3.06. The Kier molecular flexibility index (Phi) is 4.99. The van der Waals surface area contributed by atoms with Crippen LogP contribution >= 0.6 is 11.6 Å². The van der Waals surface area contributed by atoms with E-state index in [0.717, 1.165) is 11.1 Å². The van der Waals surface area contributed by atoms with Crippen molar-refractivity contribution in [2.75, 3.05) is 20.7 Å². The summed E-state index contributed by atoms with van der Waals surface area (Å²) >= 11 is 6.05. The lowest BCUT2D eigenvalue weighted by molar-refractivity contribution is -0.124. The molecule has 96 valence electrons. The van der Waals surface area contributed by atoms with Gasteiger partial charge in [0.1, 0.15) is 5.75 Å². The smallest absolute Gasteiger partial charge is 0.324 e. The number of hydrogen-bond acceptors (Lipinski definition) is 3. The van der Waals surface area contributed by atoms with Crippen LogP contribution in [0.1, 0.15) is 11.1 Å². The molecule has 0 aliphatic carbocycles. The fraction of sp³-hybridized carbons (Fsp3) is 0.385. The molecular weight excluding hydrogens is 252 g/mol. The number of halogens is 1. The number of nitriles is 1. The van der Waals surface area contributed by atoms with Gasteiger partial charge in [0.15, 0.2) is 6.07 Å². The van der Waals surface area contributed by atoms with E-state index in [-0.39, 0.29) is 0 Å². The zero-order chi connectivity index (χ0) is 13.7. The molecule has 1 aromatic rings. The first-order valence-corrected chi connectivity index (χ1v) is 5.85. The van der Waals surface area contributed by atoms with Gasteiger partial charge in [0.05, 0.1) is 12.1 Å². The van der Waals surface area contributed by atoms with E-state index in [1.807, 2.05) is 19.1 Å². The van der Waals surface area contributed by atoms with Crippen LogP contribution in [0.3, 0.4) is 0 Å². The van der Waals surface area contributed by atoms with Crippen LogP contribution in [0, 0.1) is 18.3 Å². The lowest BCUT2D eigenvalue weighted by Crippen LogP contribution is -2.27. The molecule has 5 heteroatoms. The fourth-order valence-electron chi connectivity index (χ4n) is 1.60. The van der Waals surface area contributed by atoms with E-state index < -0.39 is 5.91 Å². The quantitative estimate of drug-likeness (QED) is 0.785. The molecular formula is C13H15ClN2O2. The highest BCUT2D eigenvalue weighted by Crippen LogP contribution is 2.28. The molecule has 1 aromatic carbocycles. The topological polar surface area (TPSA) is 53.3 Å². The van der Waals surface area contributed by atoms with Crippen LogP contribution in [-0.4, -0.2) is 31.5 Å². The molecule has 0 radical (unpaired) electrons. The van der Waals surface area contributed by atoms with E-state index in [1.54, 1.807) is 20.2 Å². The van der Waals surface area contributed by atoms with Crippen molar-refractivity contribution in [2.24, 2.45) is 0 Å². The van der Waals surface area contributed by atoms with Gasteiger partial charge >= 0.3 is 5.91 Å². The molecule has 0 N–H and O–H groups in total. The van der Waals surface area contributed by atoms with E-state index in [0.29, 0.717) is 23.7 Å². The van der Waals surface area contributed by atoms with Gasteiger partial charge in [0.2, 0.25) is 0 Å². The second-order valence-electron chi connectivity index (χ2n) is 4.00. The predicted molar refractivity (Wildman–Crippen MR) is 69.7 cm³/mol. The van der Waals surface area contributed by atoms with Gasteiger partial charge in [-0.2, -0.15) is 5.26 Å². The van der Waals surface area contributed by atoms with E-state index >= 15 is 0 Å². The van der Waals surface area contributed by atoms with Crippen LogP contribution in [0.5, 0.6) is 5.75 Å². The number of methoxy groups -OCH3 is 1. The minimum Gasteiger partial charge on any atom is -0.495 e. The standard InChI is InChI=1S/C13H15ClN2O2/c1-9-6-12(18-3)11(14)7-10(9)4-5-16(2)13(17)8-15/h6-7H,4-5H2,1-3H3. The van der Waals surface area contributed by atoms with Gasteiger partial charge < -0.3 is 9.64 Å². The highest BCUT2D eigenvalue weighted by atomic mass is 35.5. The SMILES string of the molecule is COc1cc(C)c(CCN(C)C(=O)C#N)cc1Cl. The average Bonchev–Trinajstić information content (AvgIpc) is 2.37. The van der Waals surface area contributed by atoms with Crippen LogP contribution in [-0.2, 0) is 11.2 Å². The van der Waals surface area contributed by atoms with Crippen LogP contribution in [0.15, 0.2) is 12.1 Å². The normalized spacial score (nSPS) is 9.72. The van der Waals surface area contributed by atoms with Gasteiger partial charge in [0, 0.05) is 13.6 Å². The molecule has 0 aliphatic heterocycles. The second-order valence-corrected chi connectivity index (χ2v) is 4.41. The van der Waals surface area contributed by atoms with Crippen LogP contribution in [0.2, 0.25) is 5.02 Å². The van der Waals surface area contributed by atoms with Crippen molar-refractivity contribution in [3.8, 4) is 11.8 Å². The first kappa shape index (κ1) is 14.3. The summed E-state index contributed by atoms with van der Waals surface area (Å²) < 4.78 is 5.12. The monoisotopic (exact) mass is 266 g/mol. The molecule has 0 aromatic heterocycles. The molecule has 0 unspecified atom stereocenters. The van der Waals surface area contributed by atoms with Crippen molar-refractivity contribution in [1.82, 2.24) is 4.90 Å². The lowest BCUT2D eigenvalue weighted by atomic mass is 10.1. The Bertz CT molecular complexity index is 494. The van der Waals surface area contributed by atoms with E-state index in [4.69, 9.17) is 21.6 Å². The first-order valence-electron chi connectivity index (χ1n) is 5.47. The zero-order valence-electron chi connectivity index (χ0n) is 10.7.